The quantitative estimate of drug-likeness (QED) is 0.721. The first-order valence-corrected chi connectivity index (χ1v) is 11.8. The average molecular weight is 417 g/mol. The Morgan fingerprint density at radius 1 is 1.14 bits per heavy atom. The molecule has 2 aromatic rings. The van der Waals surface area contributed by atoms with E-state index in [0.717, 1.165) is 31.6 Å². The van der Waals surface area contributed by atoms with E-state index in [1.165, 1.54) is 24.0 Å². The molecule has 1 aliphatic rings. The summed E-state index contributed by atoms with van der Waals surface area (Å²) in [6.45, 7) is 5.81. The molecule has 1 amide bonds. The van der Waals surface area contributed by atoms with Crippen molar-refractivity contribution in [2.24, 2.45) is 5.92 Å². The van der Waals surface area contributed by atoms with Crippen molar-refractivity contribution < 1.29 is 17.9 Å². The van der Waals surface area contributed by atoms with Crippen molar-refractivity contribution in [2.45, 2.75) is 44.1 Å². The van der Waals surface area contributed by atoms with Crippen LogP contribution in [0.2, 0.25) is 0 Å². The van der Waals surface area contributed by atoms with Crippen molar-refractivity contribution in [3.05, 3.63) is 53.9 Å². The Labute approximate surface area is 172 Å². The van der Waals surface area contributed by atoms with Gasteiger partial charge in [0.25, 0.3) is 0 Å². The molecule has 6 nitrogen and oxygen atoms in total. The number of pyridine rings is 1. The van der Waals surface area contributed by atoms with Crippen LogP contribution in [0.5, 0.6) is 5.75 Å². The van der Waals surface area contributed by atoms with Crippen molar-refractivity contribution in [2.75, 3.05) is 19.3 Å². The van der Waals surface area contributed by atoms with Crippen molar-refractivity contribution in [1.29, 1.82) is 0 Å². The third-order valence-corrected chi connectivity index (χ3v) is 6.39. The summed E-state index contributed by atoms with van der Waals surface area (Å²) in [6.07, 6.45) is 5.00. The lowest BCUT2D eigenvalue weighted by molar-refractivity contribution is -0.135. The first kappa shape index (κ1) is 21.3. The number of sulfone groups is 1. The van der Waals surface area contributed by atoms with Crippen LogP contribution < -0.4 is 4.74 Å². The molecule has 0 radical (unpaired) electrons. The number of likely N-dealkylation sites (tertiary alicyclic amines) is 1. The van der Waals surface area contributed by atoms with Crippen LogP contribution in [0.3, 0.4) is 0 Å². The first-order valence-electron chi connectivity index (χ1n) is 9.90. The number of hydrogen-bond acceptors (Lipinski definition) is 5. The molecule has 7 heteroatoms. The number of amides is 1. The van der Waals surface area contributed by atoms with Gasteiger partial charge >= 0.3 is 0 Å². The number of piperidine rings is 1. The molecule has 1 saturated heterocycles. The molecule has 0 bridgehead atoms. The molecule has 0 saturated carbocycles. The summed E-state index contributed by atoms with van der Waals surface area (Å²) in [5, 5.41) is 0. The van der Waals surface area contributed by atoms with Gasteiger partial charge in [-0.25, -0.2) is 8.42 Å². The van der Waals surface area contributed by atoms with Crippen LogP contribution >= 0.6 is 0 Å². The second kappa shape index (κ2) is 8.95. The zero-order valence-corrected chi connectivity index (χ0v) is 18.0. The van der Waals surface area contributed by atoms with Gasteiger partial charge in [-0.15, -0.1) is 0 Å². The van der Waals surface area contributed by atoms with Crippen molar-refractivity contribution in [1.82, 2.24) is 9.88 Å². The zero-order chi connectivity index (χ0) is 21.0. The van der Waals surface area contributed by atoms with Crippen LogP contribution in [0, 0.1) is 5.92 Å². The van der Waals surface area contributed by atoms with Gasteiger partial charge in [0.2, 0.25) is 5.91 Å². The Hall–Kier alpha value is -2.41. The predicted molar refractivity (Wildman–Crippen MR) is 112 cm³/mol. The van der Waals surface area contributed by atoms with Gasteiger partial charge in [0.1, 0.15) is 12.4 Å². The number of hydrogen-bond donors (Lipinski definition) is 0. The molecular weight excluding hydrogens is 388 g/mol. The van der Waals surface area contributed by atoms with E-state index < -0.39 is 9.84 Å². The van der Waals surface area contributed by atoms with Gasteiger partial charge in [-0.05, 0) is 54.7 Å². The minimum absolute atomic E-state index is 0.0510. The summed E-state index contributed by atoms with van der Waals surface area (Å²) >= 11 is 0. The van der Waals surface area contributed by atoms with Gasteiger partial charge in [-0.1, -0.05) is 19.9 Å². The third-order valence-electron chi connectivity index (χ3n) is 5.26. The van der Waals surface area contributed by atoms with Crippen LogP contribution in [0.15, 0.2) is 47.5 Å². The Morgan fingerprint density at radius 3 is 2.31 bits per heavy atom. The molecule has 0 spiro atoms. The Bertz CT molecular complexity index is 930. The van der Waals surface area contributed by atoms with Gasteiger partial charge < -0.3 is 9.64 Å². The van der Waals surface area contributed by atoms with Gasteiger partial charge in [-0.2, -0.15) is 0 Å². The van der Waals surface area contributed by atoms with Crippen molar-refractivity contribution in [3.63, 3.8) is 0 Å². The average Bonchev–Trinajstić information content (AvgIpc) is 2.72. The van der Waals surface area contributed by atoms with E-state index in [1.54, 1.807) is 12.1 Å². The monoisotopic (exact) mass is 416 g/mol. The molecule has 0 atom stereocenters. The normalized spacial score (nSPS) is 15.5. The molecule has 1 aliphatic heterocycles. The number of nitrogens with zero attached hydrogens (tertiary/aromatic N) is 2. The van der Waals surface area contributed by atoms with Gasteiger partial charge in [0.05, 0.1) is 10.6 Å². The van der Waals surface area contributed by atoms with E-state index in [4.69, 9.17) is 4.74 Å². The lowest BCUT2D eigenvalue weighted by Gasteiger charge is -2.33. The SMILES string of the molecule is CC(C)C(=O)N1CCC(c2ccc(COc3ccc(S(C)(=O)=O)cc3)nc2)CC1. The fourth-order valence-corrected chi connectivity index (χ4v) is 4.13. The lowest BCUT2D eigenvalue weighted by atomic mass is 9.90. The highest BCUT2D eigenvalue weighted by Gasteiger charge is 2.25. The molecule has 2 heterocycles. The first-order chi connectivity index (χ1) is 13.7. The smallest absolute Gasteiger partial charge is 0.225 e. The van der Waals surface area contributed by atoms with Gasteiger partial charge in [-0.3, -0.25) is 9.78 Å². The highest BCUT2D eigenvalue weighted by Crippen LogP contribution is 2.28. The second-order valence-electron chi connectivity index (χ2n) is 7.87. The maximum atomic E-state index is 12.1. The Morgan fingerprint density at radius 2 is 1.79 bits per heavy atom. The summed E-state index contributed by atoms with van der Waals surface area (Å²) in [5.74, 6) is 1.32. The molecule has 1 aromatic carbocycles. The highest BCUT2D eigenvalue weighted by molar-refractivity contribution is 7.90. The maximum Gasteiger partial charge on any atom is 0.225 e. The van der Waals surface area contributed by atoms with E-state index in [2.05, 4.69) is 11.1 Å². The summed E-state index contributed by atoms with van der Waals surface area (Å²) in [6, 6.07) is 10.4. The summed E-state index contributed by atoms with van der Waals surface area (Å²) in [4.78, 5) is 18.9. The lowest BCUT2D eigenvalue weighted by Crippen LogP contribution is -2.40. The predicted octanol–water partition coefficient (Wildman–Crippen LogP) is 3.43. The van der Waals surface area contributed by atoms with E-state index in [-0.39, 0.29) is 16.7 Å². The largest absolute Gasteiger partial charge is 0.487 e. The van der Waals surface area contributed by atoms with Crippen LogP contribution in [0.1, 0.15) is 43.9 Å². The number of benzene rings is 1. The molecule has 1 fully saturated rings. The third kappa shape index (κ3) is 5.56. The maximum absolute atomic E-state index is 12.1. The number of ether oxygens (including phenoxy) is 1. The van der Waals surface area contributed by atoms with Crippen LogP contribution in [-0.2, 0) is 21.2 Å². The minimum atomic E-state index is -3.20. The number of rotatable bonds is 6. The Balaban J connectivity index is 1.52. The van der Waals surface area contributed by atoms with Crippen LogP contribution in [0.25, 0.3) is 0 Å². The fourth-order valence-electron chi connectivity index (χ4n) is 3.50. The van der Waals surface area contributed by atoms with E-state index in [0.29, 0.717) is 18.3 Å². The van der Waals surface area contributed by atoms with Crippen LogP contribution in [-0.4, -0.2) is 43.6 Å². The second-order valence-corrected chi connectivity index (χ2v) is 9.89. The number of carbonyl (C=O) groups is 1. The molecular formula is C22H28N2O4S. The topological polar surface area (TPSA) is 76.6 Å². The summed E-state index contributed by atoms with van der Waals surface area (Å²) in [7, 11) is -3.20. The molecule has 0 unspecified atom stereocenters. The van der Waals surface area contributed by atoms with E-state index >= 15 is 0 Å². The van der Waals surface area contributed by atoms with E-state index in [9.17, 15) is 13.2 Å². The highest BCUT2D eigenvalue weighted by atomic mass is 32.2. The molecule has 29 heavy (non-hydrogen) atoms. The van der Waals surface area contributed by atoms with Crippen LogP contribution in [0.4, 0.5) is 0 Å². The zero-order valence-electron chi connectivity index (χ0n) is 17.2. The van der Waals surface area contributed by atoms with Gasteiger partial charge in [0, 0.05) is 31.5 Å². The minimum Gasteiger partial charge on any atom is -0.487 e. The molecule has 0 N–H and O–H groups in total. The number of aromatic nitrogens is 1. The molecule has 1 aromatic heterocycles. The standard InChI is InChI=1S/C22H28N2O4S/c1-16(2)22(25)24-12-10-17(11-13-24)18-4-5-19(23-14-18)15-28-20-6-8-21(9-7-20)29(3,26)27/h4-9,14,16-17H,10-13,15H2,1-3H3. The summed E-state index contributed by atoms with van der Waals surface area (Å²) in [5.41, 5.74) is 2.01. The number of carbonyl (C=O) groups excluding carboxylic acids is 1. The van der Waals surface area contributed by atoms with Crippen molar-refractivity contribution >= 4 is 15.7 Å². The molecule has 0 aliphatic carbocycles. The van der Waals surface area contributed by atoms with Gasteiger partial charge in [0.15, 0.2) is 9.84 Å². The summed E-state index contributed by atoms with van der Waals surface area (Å²) < 4.78 is 28.7. The molecule has 3 rings (SSSR count). The fraction of sp³-hybridized carbons (Fsp3) is 0.455. The van der Waals surface area contributed by atoms with E-state index in [1.807, 2.05) is 31.0 Å². The molecule has 156 valence electrons. The Kier molecular flexibility index (Phi) is 6.57. The van der Waals surface area contributed by atoms with Crippen molar-refractivity contribution in [3.8, 4) is 5.75 Å².